The Morgan fingerprint density at radius 1 is 0.286 bits per heavy atom. The molecule has 0 unspecified atom stereocenters. The maximum absolute atomic E-state index is 2.27. The van der Waals surface area contributed by atoms with Crippen molar-refractivity contribution in [2.45, 2.75) is 27.7 Å². The summed E-state index contributed by atoms with van der Waals surface area (Å²) in [6.07, 6.45) is 0. The van der Waals surface area contributed by atoms with Crippen LogP contribution in [0.5, 0.6) is 0 Å². The van der Waals surface area contributed by atoms with Crippen molar-refractivity contribution in [3.8, 4) is 0 Å². The first kappa shape index (κ1) is 18.3. The molecule has 0 bridgehead atoms. The molecule has 5 aromatic rings. The van der Waals surface area contributed by atoms with E-state index in [4.69, 9.17) is 0 Å². The largest absolute Gasteiger partial charge is 0.0587 e. The second-order valence-electron chi connectivity index (χ2n) is 7.91. The monoisotopic (exact) mass is 362 g/mol. The molecule has 0 aliphatic carbocycles. The van der Waals surface area contributed by atoms with Crippen molar-refractivity contribution >= 4 is 32.3 Å². The maximum Gasteiger partial charge on any atom is -0.0175 e. The fourth-order valence-corrected chi connectivity index (χ4v) is 3.72. The van der Waals surface area contributed by atoms with Gasteiger partial charge >= 0.3 is 0 Å². The van der Waals surface area contributed by atoms with Crippen LogP contribution in [-0.4, -0.2) is 0 Å². The van der Waals surface area contributed by atoms with E-state index in [0.29, 0.717) is 0 Å². The van der Waals surface area contributed by atoms with Gasteiger partial charge in [-0.2, -0.15) is 0 Å². The van der Waals surface area contributed by atoms with Gasteiger partial charge in [-0.25, -0.2) is 0 Å². The lowest BCUT2D eigenvalue weighted by Crippen LogP contribution is -1.79. The average molecular weight is 363 g/mol. The van der Waals surface area contributed by atoms with Crippen LogP contribution in [0.3, 0.4) is 0 Å². The highest BCUT2D eigenvalue weighted by Gasteiger charge is 1.98. The van der Waals surface area contributed by atoms with Gasteiger partial charge < -0.3 is 0 Å². The van der Waals surface area contributed by atoms with Crippen molar-refractivity contribution in [1.82, 2.24) is 0 Å². The molecule has 28 heavy (non-hydrogen) atoms. The highest BCUT2D eigenvalue weighted by molar-refractivity contribution is 5.98. The van der Waals surface area contributed by atoms with Gasteiger partial charge in [0.15, 0.2) is 0 Å². The summed E-state index contributed by atoms with van der Waals surface area (Å²) in [5.41, 5.74) is 5.29. The Balaban J connectivity index is 0.000000143. The minimum absolute atomic E-state index is 1.32. The van der Waals surface area contributed by atoms with Crippen LogP contribution in [0.1, 0.15) is 22.3 Å². The van der Waals surface area contributed by atoms with Gasteiger partial charge in [0.05, 0.1) is 0 Å². The predicted molar refractivity (Wildman–Crippen MR) is 124 cm³/mol. The second kappa shape index (κ2) is 7.48. The van der Waals surface area contributed by atoms with E-state index in [1.807, 2.05) is 0 Å². The lowest BCUT2D eigenvalue weighted by molar-refractivity contribution is 1.47. The van der Waals surface area contributed by atoms with E-state index >= 15 is 0 Å². The Hall–Kier alpha value is -3.12. The molecule has 0 saturated heterocycles. The molecule has 0 saturated carbocycles. The smallest absolute Gasteiger partial charge is 0.0175 e. The SMILES string of the molecule is Cc1ccc2cc(C)ccc2c1.Cc1ccc2cc3cc(C)ccc3cc2c1. The number of aryl methyl sites for hydroxylation is 4. The lowest BCUT2D eigenvalue weighted by atomic mass is 10.0. The maximum atomic E-state index is 2.27. The van der Waals surface area contributed by atoms with Gasteiger partial charge in [-0.05, 0) is 72.1 Å². The molecule has 0 spiro atoms. The van der Waals surface area contributed by atoms with Crippen LogP contribution >= 0.6 is 0 Å². The molecule has 0 heterocycles. The Morgan fingerprint density at radius 3 is 0.857 bits per heavy atom. The van der Waals surface area contributed by atoms with Crippen LogP contribution in [-0.2, 0) is 0 Å². The second-order valence-corrected chi connectivity index (χ2v) is 7.91. The number of benzene rings is 5. The molecular formula is C28H26. The topological polar surface area (TPSA) is 0 Å². The standard InChI is InChI=1S/C16H14.C12H12/c1-11-3-5-13-10-16-8-12(2)4-6-14(16)9-15(13)7-11;1-9-3-5-12-8-10(2)4-6-11(12)7-9/h3-10H,1-2H3;3-8H,1-2H3. The highest BCUT2D eigenvalue weighted by atomic mass is 14.0. The Bertz CT molecular complexity index is 1190. The molecule has 0 nitrogen and oxygen atoms in total. The van der Waals surface area contributed by atoms with Gasteiger partial charge in [-0.1, -0.05) is 95.1 Å². The van der Waals surface area contributed by atoms with Crippen LogP contribution in [0.4, 0.5) is 0 Å². The van der Waals surface area contributed by atoms with E-state index in [2.05, 4.69) is 113 Å². The van der Waals surface area contributed by atoms with Crippen molar-refractivity contribution in [3.63, 3.8) is 0 Å². The third-order valence-electron chi connectivity index (χ3n) is 5.26. The third-order valence-corrected chi connectivity index (χ3v) is 5.26. The summed E-state index contributed by atoms with van der Waals surface area (Å²) in [4.78, 5) is 0. The molecule has 0 heteroatoms. The fourth-order valence-electron chi connectivity index (χ4n) is 3.72. The Labute approximate surface area is 167 Å². The molecule has 0 aliphatic heterocycles. The summed E-state index contributed by atoms with van der Waals surface area (Å²) in [5, 5.41) is 7.97. The van der Waals surface area contributed by atoms with Crippen LogP contribution in [0.25, 0.3) is 32.3 Å². The fraction of sp³-hybridized carbons (Fsp3) is 0.143. The minimum Gasteiger partial charge on any atom is -0.0587 e. The predicted octanol–water partition coefficient (Wildman–Crippen LogP) is 8.07. The van der Waals surface area contributed by atoms with Crippen LogP contribution in [0.15, 0.2) is 84.9 Å². The number of hydrogen-bond acceptors (Lipinski definition) is 0. The average Bonchev–Trinajstić information content (AvgIpc) is 2.67. The Morgan fingerprint density at radius 2 is 0.536 bits per heavy atom. The zero-order valence-corrected chi connectivity index (χ0v) is 17.1. The third kappa shape index (κ3) is 3.92. The van der Waals surface area contributed by atoms with E-state index < -0.39 is 0 Å². The van der Waals surface area contributed by atoms with Crippen LogP contribution < -0.4 is 0 Å². The summed E-state index contributed by atoms with van der Waals surface area (Å²) < 4.78 is 0. The number of rotatable bonds is 0. The van der Waals surface area contributed by atoms with Crippen LogP contribution in [0.2, 0.25) is 0 Å². The van der Waals surface area contributed by atoms with Crippen molar-refractivity contribution in [1.29, 1.82) is 0 Å². The molecular weight excluding hydrogens is 336 g/mol. The molecule has 0 atom stereocenters. The number of fused-ring (bicyclic) bond motifs is 3. The first-order valence-electron chi connectivity index (χ1n) is 9.86. The van der Waals surface area contributed by atoms with Gasteiger partial charge in [0.2, 0.25) is 0 Å². The van der Waals surface area contributed by atoms with Gasteiger partial charge in [-0.3, -0.25) is 0 Å². The van der Waals surface area contributed by atoms with Gasteiger partial charge in [-0.15, -0.1) is 0 Å². The van der Waals surface area contributed by atoms with E-state index in [9.17, 15) is 0 Å². The molecule has 0 fully saturated rings. The van der Waals surface area contributed by atoms with Gasteiger partial charge in [0, 0.05) is 0 Å². The van der Waals surface area contributed by atoms with E-state index in [1.54, 1.807) is 0 Å². The highest BCUT2D eigenvalue weighted by Crippen LogP contribution is 2.24. The van der Waals surface area contributed by atoms with Crippen molar-refractivity contribution < 1.29 is 0 Å². The van der Waals surface area contributed by atoms with E-state index in [0.717, 1.165) is 0 Å². The lowest BCUT2D eigenvalue weighted by Gasteiger charge is -2.04. The molecule has 0 N–H and O–H groups in total. The first-order chi connectivity index (χ1) is 13.5. The first-order valence-corrected chi connectivity index (χ1v) is 9.86. The molecule has 0 aromatic heterocycles. The molecule has 5 rings (SSSR count). The summed E-state index contributed by atoms with van der Waals surface area (Å²) in [7, 11) is 0. The van der Waals surface area contributed by atoms with Gasteiger partial charge in [0.1, 0.15) is 0 Å². The molecule has 138 valence electrons. The van der Waals surface area contributed by atoms with E-state index in [1.165, 1.54) is 54.6 Å². The zero-order chi connectivity index (χ0) is 19.7. The Kier molecular flexibility index (Phi) is 4.88. The minimum atomic E-state index is 1.32. The summed E-state index contributed by atoms with van der Waals surface area (Å²) in [5.74, 6) is 0. The van der Waals surface area contributed by atoms with E-state index in [-0.39, 0.29) is 0 Å². The zero-order valence-electron chi connectivity index (χ0n) is 17.1. The summed E-state index contributed by atoms with van der Waals surface area (Å²) in [6.45, 7) is 8.52. The number of hydrogen-bond donors (Lipinski definition) is 0. The quantitative estimate of drug-likeness (QED) is 0.244. The molecule has 0 amide bonds. The molecule has 5 aromatic carbocycles. The van der Waals surface area contributed by atoms with Gasteiger partial charge in [0.25, 0.3) is 0 Å². The van der Waals surface area contributed by atoms with Crippen LogP contribution in [0, 0.1) is 27.7 Å². The van der Waals surface area contributed by atoms with Crippen molar-refractivity contribution in [3.05, 3.63) is 107 Å². The molecule has 0 aliphatic rings. The van der Waals surface area contributed by atoms with Crippen molar-refractivity contribution in [2.24, 2.45) is 0 Å². The molecule has 0 radical (unpaired) electrons. The summed E-state index contributed by atoms with van der Waals surface area (Å²) in [6, 6.07) is 30.9. The summed E-state index contributed by atoms with van der Waals surface area (Å²) >= 11 is 0. The normalized spacial score (nSPS) is 10.9. The van der Waals surface area contributed by atoms with Crippen molar-refractivity contribution in [2.75, 3.05) is 0 Å².